The van der Waals surface area contributed by atoms with Crippen molar-refractivity contribution in [2.24, 2.45) is 4.99 Å². The number of nitrogens with zero attached hydrogens (tertiary/aromatic N) is 1. The maximum atomic E-state index is 5.95. The molecule has 2 aliphatic rings. The van der Waals surface area contributed by atoms with Gasteiger partial charge in [-0.25, -0.2) is 4.99 Å². The molecule has 90 valence electrons. The van der Waals surface area contributed by atoms with Crippen LogP contribution in [0.4, 0.5) is 0 Å². The summed E-state index contributed by atoms with van der Waals surface area (Å²) in [7, 11) is 0. The van der Waals surface area contributed by atoms with Gasteiger partial charge in [0.2, 0.25) is 0 Å². The Labute approximate surface area is 102 Å². The Morgan fingerprint density at radius 3 is 2.62 bits per heavy atom. The van der Waals surface area contributed by atoms with E-state index in [0.717, 1.165) is 5.70 Å². The molecule has 3 nitrogen and oxygen atoms in total. The smallest absolute Gasteiger partial charge is 0.197 e. The molecular formula is C12H20ClN3. The van der Waals surface area contributed by atoms with E-state index in [9.17, 15) is 0 Å². The first-order chi connectivity index (χ1) is 7.66. The largest absolute Gasteiger partial charge is 0.341 e. The quantitative estimate of drug-likeness (QED) is 0.730. The molecule has 1 aliphatic heterocycles. The standard InChI is InChI=1S/C12H20ClN3/c1-8-9(2)14-12(13)16-11(8)15-10-6-4-3-5-7-10/h10-11,15H,3-7H2,1-2H3,(H,14,16). The van der Waals surface area contributed by atoms with E-state index >= 15 is 0 Å². The summed E-state index contributed by atoms with van der Waals surface area (Å²) in [6.45, 7) is 4.11. The molecule has 2 rings (SSSR count). The molecule has 0 amide bonds. The van der Waals surface area contributed by atoms with Crippen LogP contribution in [0.1, 0.15) is 46.0 Å². The molecule has 1 heterocycles. The van der Waals surface area contributed by atoms with Crippen LogP contribution in [0.25, 0.3) is 0 Å². The lowest BCUT2D eigenvalue weighted by Crippen LogP contribution is -2.51. The minimum absolute atomic E-state index is 0.160. The minimum atomic E-state index is 0.160. The fourth-order valence-electron chi connectivity index (χ4n) is 2.38. The maximum Gasteiger partial charge on any atom is 0.197 e. The van der Waals surface area contributed by atoms with Gasteiger partial charge in [-0.1, -0.05) is 19.3 Å². The molecule has 1 aliphatic carbocycles. The third-order valence-corrected chi connectivity index (χ3v) is 3.73. The van der Waals surface area contributed by atoms with Crippen molar-refractivity contribution in [2.45, 2.75) is 58.2 Å². The van der Waals surface area contributed by atoms with Gasteiger partial charge in [-0.05, 0) is 43.9 Å². The average molecular weight is 242 g/mol. The minimum Gasteiger partial charge on any atom is -0.341 e. The summed E-state index contributed by atoms with van der Waals surface area (Å²) in [5, 5.41) is 7.32. The van der Waals surface area contributed by atoms with Crippen LogP contribution < -0.4 is 10.6 Å². The predicted molar refractivity (Wildman–Crippen MR) is 68.6 cm³/mol. The van der Waals surface area contributed by atoms with Crippen molar-refractivity contribution in [3.63, 3.8) is 0 Å². The van der Waals surface area contributed by atoms with Gasteiger partial charge < -0.3 is 5.32 Å². The van der Waals surface area contributed by atoms with E-state index < -0.39 is 0 Å². The Hall–Kier alpha value is -0.540. The van der Waals surface area contributed by atoms with Gasteiger partial charge in [0.25, 0.3) is 0 Å². The fraction of sp³-hybridized carbons (Fsp3) is 0.750. The van der Waals surface area contributed by atoms with Gasteiger partial charge in [0, 0.05) is 11.7 Å². The number of hydrogen-bond acceptors (Lipinski definition) is 3. The molecular weight excluding hydrogens is 222 g/mol. The molecule has 1 atom stereocenters. The van der Waals surface area contributed by atoms with Crippen LogP contribution in [0.3, 0.4) is 0 Å². The normalized spacial score (nSPS) is 27.7. The highest BCUT2D eigenvalue weighted by atomic mass is 35.5. The molecule has 0 aromatic rings. The van der Waals surface area contributed by atoms with E-state index in [1.54, 1.807) is 0 Å². The highest BCUT2D eigenvalue weighted by molar-refractivity contribution is 6.64. The Morgan fingerprint density at radius 1 is 1.25 bits per heavy atom. The Bertz CT molecular complexity index is 316. The fourth-order valence-corrected chi connectivity index (χ4v) is 2.61. The van der Waals surface area contributed by atoms with Gasteiger partial charge >= 0.3 is 0 Å². The lowest BCUT2D eigenvalue weighted by Gasteiger charge is -2.31. The summed E-state index contributed by atoms with van der Waals surface area (Å²) in [5.41, 5.74) is 2.27. The molecule has 4 heteroatoms. The first-order valence-corrected chi connectivity index (χ1v) is 6.49. The number of amidine groups is 1. The monoisotopic (exact) mass is 241 g/mol. The van der Waals surface area contributed by atoms with E-state index in [1.165, 1.54) is 37.7 Å². The molecule has 0 aromatic heterocycles. The van der Waals surface area contributed by atoms with Crippen LogP contribution in [0.5, 0.6) is 0 Å². The van der Waals surface area contributed by atoms with Crippen molar-refractivity contribution in [1.82, 2.24) is 10.6 Å². The zero-order chi connectivity index (χ0) is 11.5. The van der Waals surface area contributed by atoms with Gasteiger partial charge in [0.1, 0.15) is 6.17 Å². The van der Waals surface area contributed by atoms with Crippen LogP contribution in [0.2, 0.25) is 0 Å². The van der Waals surface area contributed by atoms with E-state index in [0.29, 0.717) is 11.3 Å². The van der Waals surface area contributed by atoms with Gasteiger partial charge in [0.15, 0.2) is 5.29 Å². The van der Waals surface area contributed by atoms with E-state index in [2.05, 4.69) is 22.5 Å². The number of aliphatic imine (C=N–C) groups is 1. The molecule has 1 saturated carbocycles. The first kappa shape index (κ1) is 11.9. The second-order valence-electron chi connectivity index (χ2n) is 4.75. The van der Waals surface area contributed by atoms with E-state index in [1.807, 2.05) is 6.92 Å². The predicted octanol–water partition coefficient (Wildman–Crippen LogP) is 2.73. The van der Waals surface area contributed by atoms with Crippen molar-refractivity contribution in [3.8, 4) is 0 Å². The molecule has 0 aromatic carbocycles. The van der Waals surface area contributed by atoms with Crippen molar-refractivity contribution in [2.75, 3.05) is 0 Å². The molecule has 0 saturated heterocycles. The second kappa shape index (κ2) is 5.19. The first-order valence-electron chi connectivity index (χ1n) is 6.11. The summed E-state index contributed by atoms with van der Waals surface area (Å²) in [5.74, 6) is 0. The molecule has 0 radical (unpaired) electrons. The Kier molecular flexibility index (Phi) is 3.87. The third kappa shape index (κ3) is 2.77. The van der Waals surface area contributed by atoms with Crippen molar-refractivity contribution >= 4 is 16.9 Å². The van der Waals surface area contributed by atoms with Gasteiger partial charge in [-0.15, -0.1) is 0 Å². The van der Waals surface area contributed by atoms with Crippen molar-refractivity contribution < 1.29 is 0 Å². The molecule has 2 N–H and O–H groups in total. The summed E-state index contributed by atoms with van der Waals surface area (Å²) in [6.07, 6.45) is 6.78. The number of nitrogens with one attached hydrogen (secondary N) is 2. The number of rotatable bonds is 2. The number of hydrogen-bond donors (Lipinski definition) is 2. The van der Waals surface area contributed by atoms with Crippen LogP contribution >= 0.6 is 11.6 Å². The topological polar surface area (TPSA) is 36.4 Å². The lowest BCUT2D eigenvalue weighted by molar-refractivity contribution is 0.341. The van der Waals surface area contributed by atoms with Gasteiger partial charge in [-0.3, -0.25) is 5.32 Å². The SMILES string of the molecule is CC1=C(C)C(NC2CCCCC2)NC(Cl)=N1. The van der Waals surface area contributed by atoms with Gasteiger partial charge in [-0.2, -0.15) is 0 Å². The zero-order valence-corrected chi connectivity index (χ0v) is 10.8. The second-order valence-corrected chi connectivity index (χ2v) is 5.11. The zero-order valence-electron chi connectivity index (χ0n) is 10.0. The van der Waals surface area contributed by atoms with Crippen LogP contribution in [0, 0.1) is 0 Å². The summed E-state index contributed by atoms with van der Waals surface area (Å²) in [4.78, 5) is 4.22. The highest BCUT2D eigenvalue weighted by Gasteiger charge is 2.22. The maximum absolute atomic E-state index is 5.95. The van der Waals surface area contributed by atoms with E-state index in [-0.39, 0.29) is 6.17 Å². The highest BCUT2D eigenvalue weighted by Crippen LogP contribution is 2.20. The number of allylic oxidation sites excluding steroid dienone is 1. The van der Waals surface area contributed by atoms with E-state index in [4.69, 9.17) is 11.6 Å². The van der Waals surface area contributed by atoms with Crippen LogP contribution in [0.15, 0.2) is 16.3 Å². The summed E-state index contributed by atoms with van der Waals surface area (Å²) < 4.78 is 0. The van der Waals surface area contributed by atoms with Gasteiger partial charge in [0.05, 0.1) is 0 Å². The summed E-state index contributed by atoms with van der Waals surface area (Å²) >= 11 is 5.95. The molecule has 0 bridgehead atoms. The summed E-state index contributed by atoms with van der Waals surface area (Å²) in [6, 6.07) is 0.622. The molecule has 1 fully saturated rings. The number of halogens is 1. The van der Waals surface area contributed by atoms with Crippen molar-refractivity contribution in [3.05, 3.63) is 11.3 Å². The average Bonchev–Trinajstić information content (AvgIpc) is 2.27. The molecule has 1 unspecified atom stereocenters. The molecule has 16 heavy (non-hydrogen) atoms. The van der Waals surface area contributed by atoms with Crippen molar-refractivity contribution in [1.29, 1.82) is 0 Å². The Balaban J connectivity index is 1.97. The Morgan fingerprint density at radius 2 is 1.94 bits per heavy atom. The lowest BCUT2D eigenvalue weighted by atomic mass is 9.95. The van der Waals surface area contributed by atoms with Crippen LogP contribution in [-0.4, -0.2) is 17.5 Å². The van der Waals surface area contributed by atoms with Crippen LogP contribution in [-0.2, 0) is 0 Å². The third-order valence-electron chi connectivity index (χ3n) is 3.54. The molecule has 0 spiro atoms.